The molecule has 0 radical (unpaired) electrons. The smallest absolute Gasteiger partial charge is 0.259 e. The number of nitrogens with one attached hydrogen (secondary N) is 1. The van der Waals surface area contributed by atoms with Crippen molar-refractivity contribution in [2.24, 2.45) is 11.3 Å². The molecule has 0 saturated heterocycles. The third-order valence-electron chi connectivity index (χ3n) is 15.2. The molecule has 0 saturated carbocycles. The molecule has 2 aromatic carbocycles. The number of rotatable bonds is 20. The predicted molar refractivity (Wildman–Crippen MR) is 264 cm³/mol. The first kappa shape index (κ1) is 47.8. The van der Waals surface area contributed by atoms with Crippen molar-refractivity contribution in [2.75, 3.05) is 37.7 Å². The SMILES string of the molecule is CC(C)N(C(C)C)P(OCCC#N)OCCCCCCNC(=O)CCCCCC1(C)C2=C3C=C4C=C5C6=[N+](CC(C)(C)C5OC4CC3CCN2c2ccccc21)c1ccccc1C6(C)C. The maximum absolute atomic E-state index is 12.9. The molecular formula is C55H77N5O4P+. The maximum Gasteiger partial charge on any atom is 0.259 e. The van der Waals surface area contributed by atoms with Crippen molar-refractivity contribution in [1.82, 2.24) is 9.99 Å². The van der Waals surface area contributed by atoms with Crippen molar-refractivity contribution >= 4 is 31.5 Å². The van der Waals surface area contributed by atoms with Crippen LogP contribution in [0.25, 0.3) is 0 Å². The molecule has 350 valence electrons. The minimum absolute atomic E-state index is 0.0225. The summed E-state index contributed by atoms with van der Waals surface area (Å²) in [5.74, 6) is 0.652. The zero-order valence-corrected chi connectivity index (χ0v) is 41.9. The molecule has 5 unspecified atom stereocenters. The van der Waals surface area contributed by atoms with E-state index in [0.717, 1.165) is 83.8 Å². The molecule has 9 nitrogen and oxygen atoms in total. The summed E-state index contributed by atoms with van der Waals surface area (Å²) in [7, 11) is -1.19. The minimum Gasteiger partial charge on any atom is -0.365 e. The van der Waals surface area contributed by atoms with Crippen LogP contribution in [0, 0.1) is 22.7 Å². The summed E-state index contributed by atoms with van der Waals surface area (Å²) < 4.78 is 24.4. The molecule has 1 aliphatic carbocycles. The fourth-order valence-electron chi connectivity index (χ4n) is 12.3. The number of ether oxygens (including phenoxy) is 1. The Labute approximate surface area is 392 Å². The average Bonchev–Trinajstić information content (AvgIpc) is 3.66. The first-order valence-electron chi connectivity index (χ1n) is 25.1. The number of amides is 1. The van der Waals surface area contributed by atoms with Crippen LogP contribution in [0.5, 0.6) is 0 Å². The van der Waals surface area contributed by atoms with E-state index in [1.54, 1.807) is 0 Å². The van der Waals surface area contributed by atoms with Gasteiger partial charge in [-0.15, -0.1) is 0 Å². The van der Waals surface area contributed by atoms with Gasteiger partial charge in [-0.3, -0.25) is 4.79 Å². The molecule has 5 aliphatic heterocycles. The van der Waals surface area contributed by atoms with Gasteiger partial charge in [-0.2, -0.15) is 9.84 Å². The summed E-state index contributed by atoms with van der Waals surface area (Å²) >= 11 is 0. The zero-order chi connectivity index (χ0) is 46.1. The van der Waals surface area contributed by atoms with Gasteiger partial charge < -0.3 is 24.0 Å². The lowest BCUT2D eigenvalue weighted by molar-refractivity contribution is -0.466. The second kappa shape index (κ2) is 19.9. The Morgan fingerprint density at radius 3 is 2.40 bits per heavy atom. The van der Waals surface area contributed by atoms with E-state index in [0.29, 0.717) is 44.1 Å². The molecule has 6 aliphatic rings. The third kappa shape index (κ3) is 9.47. The van der Waals surface area contributed by atoms with E-state index in [2.05, 4.69) is 149 Å². The molecule has 5 heterocycles. The lowest BCUT2D eigenvalue weighted by Gasteiger charge is -2.47. The highest BCUT2D eigenvalue weighted by Gasteiger charge is 2.58. The summed E-state index contributed by atoms with van der Waals surface area (Å²) in [5, 5.41) is 12.2. The molecule has 1 N–H and O–H groups in total. The number of anilines is 1. The van der Waals surface area contributed by atoms with E-state index in [1.807, 2.05) is 0 Å². The van der Waals surface area contributed by atoms with Crippen molar-refractivity contribution in [2.45, 2.75) is 174 Å². The number of carbonyl (C=O) groups excluding carboxylic acids is 1. The molecule has 65 heavy (non-hydrogen) atoms. The molecule has 0 aromatic heterocycles. The molecular weight excluding hydrogens is 826 g/mol. The number of allylic oxidation sites excluding steroid dienone is 3. The van der Waals surface area contributed by atoms with Gasteiger partial charge >= 0.3 is 0 Å². The van der Waals surface area contributed by atoms with Gasteiger partial charge in [-0.1, -0.05) is 82.0 Å². The summed E-state index contributed by atoms with van der Waals surface area (Å²) in [6.45, 7) is 24.5. The van der Waals surface area contributed by atoms with Crippen LogP contribution >= 0.6 is 8.53 Å². The third-order valence-corrected chi connectivity index (χ3v) is 17.3. The van der Waals surface area contributed by atoms with E-state index in [9.17, 15) is 4.79 Å². The van der Waals surface area contributed by atoms with Crippen LogP contribution in [0.3, 0.4) is 0 Å². The van der Waals surface area contributed by atoms with Crippen molar-refractivity contribution in [3.63, 3.8) is 0 Å². The second-order valence-corrected chi connectivity index (χ2v) is 23.0. The summed E-state index contributed by atoms with van der Waals surface area (Å²) in [6, 6.07) is 20.9. The van der Waals surface area contributed by atoms with Gasteiger partial charge in [0, 0.05) is 65.6 Å². The Morgan fingerprint density at radius 1 is 0.923 bits per heavy atom. The van der Waals surface area contributed by atoms with Crippen LogP contribution in [-0.4, -0.2) is 78.0 Å². The number of para-hydroxylation sites is 2. The first-order chi connectivity index (χ1) is 31.2. The Morgan fingerprint density at radius 2 is 1.63 bits per heavy atom. The van der Waals surface area contributed by atoms with Crippen LogP contribution in [0.15, 0.2) is 83.1 Å². The van der Waals surface area contributed by atoms with Crippen molar-refractivity contribution in [3.8, 4) is 6.07 Å². The largest absolute Gasteiger partial charge is 0.365 e. The molecule has 0 spiro atoms. The topological polar surface area (TPSA) is 90.1 Å². The number of unbranched alkanes of at least 4 members (excludes halogenated alkanes) is 5. The van der Waals surface area contributed by atoms with Crippen LogP contribution in [0.4, 0.5) is 11.4 Å². The standard InChI is InChI=1S/C55H76N5O4P/c1-38(2)60(39(3)4)65(63-33-21-29-56)62-32-20-11-10-19-30-57-49(61)26-13-12-18-28-55(9)45-23-15-17-25-47(45)58-31-27-40-36-48-41(34-42(40)51(55)58)35-43-50-54(7,8)44-22-14-16-24-46(44)59(50)37-53(5,6)52(43)64-48/h14-17,22-25,34-35,38-40,48,52H,10-13,18-21,26-28,30-33,36-37H2,1-9H3/p+1. The normalized spacial score (nSPS) is 25.0. The van der Waals surface area contributed by atoms with E-state index < -0.39 is 8.53 Å². The monoisotopic (exact) mass is 903 g/mol. The molecule has 5 atom stereocenters. The Balaban J connectivity index is 0.869. The number of hydrogen-bond acceptors (Lipinski definition) is 7. The first-order valence-corrected chi connectivity index (χ1v) is 26.2. The van der Waals surface area contributed by atoms with Gasteiger partial charge in [0.05, 0.1) is 42.6 Å². The summed E-state index contributed by atoms with van der Waals surface area (Å²) in [5.41, 5.74) is 12.6. The summed E-state index contributed by atoms with van der Waals surface area (Å²) in [4.78, 5) is 15.6. The Hall–Kier alpha value is -3.64. The number of nitrogens with zero attached hydrogens (tertiary/aromatic N) is 4. The molecule has 1 amide bonds. The van der Waals surface area contributed by atoms with Gasteiger partial charge in [-0.05, 0) is 122 Å². The lowest BCUT2D eigenvalue weighted by Crippen LogP contribution is -2.53. The fraction of sp³-hybridized carbons (Fsp3) is 0.618. The molecule has 0 fully saturated rings. The van der Waals surface area contributed by atoms with E-state index in [4.69, 9.17) is 19.0 Å². The van der Waals surface area contributed by atoms with Gasteiger partial charge in [-0.25, -0.2) is 4.67 Å². The lowest BCUT2D eigenvalue weighted by atomic mass is 9.67. The molecule has 10 heteroatoms. The van der Waals surface area contributed by atoms with E-state index in [-0.39, 0.29) is 34.4 Å². The van der Waals surface area contributed by atoms with Crippen LogP contribution < -0.4 is 10.2 Å². The maximum atomic E-state index is 12.9. The Bertz CT molecular complexity index is 2240. The number of benzene rings is 2. The highest BCUT2D eigenvalue weighted by atomic mass is 31.2. The summed E-state index contributed by atoms with van der Waals surface area (Å²) in [6.07, 6.45) is 16.6. The average molecular weight is 903 g/mol. The van der Waals surface area contributed by atoms with Crippen molar-refractivity contribution in [1.29, 1.82) is 5.26 Å². The van der Waals surface area contributed by atoms with E-state index in [1.165, 1.54) is 50.6 Å². The van der Waals surface area contributed by atoms with Gasteiger partial charge in [0.2, 0.25) is 11.6 Å². The second-order valence-electron chi connectivity index (χ2n) is 21.5. The highest BCUT2D eigenvalue weighted by molar-refractivity contribution is 7.44. The fourth-order valence-corrected chi connectivity index (χ4v) is 13.9. The van der Waals surface area contributed by atoms with Crippen molar-refractivity contribution in [3.05, 3.63) is 94.2 Å². The quantitative estimate of drug-likeness (QED) is 0.0804. The van der Waals surface area contributed by atoms with Gasteiger partial charge in [0.1, 0.15) is 6.10 Å². The molecule has 8 rings (SSSR count). The number of hydrogen-bond donors (Lipinski definition) is 1. The number of nitriles is 1. The van der Waals surface area contributed by atoms with Gasteiger partial charge in [0.25, 0.3) is 8.53 Å². The van der Waals surface area contributed by atoms with Crippen LogP contribution in [0.2, 0.25) is 0 Å². The molecule has 2 aromatic rings. The Kier molecular flexibility index (Phi) is 14.7. The minimum atomic E-state index is -1.19. The highest BCUT2D eigenvalue weighted by Crippen LogP contribution is 2.58. The predicted octanol–water partition coefficient (Wildman–Crippen LogP) is 12.1. The van der Waals surface area contributed by atoms with Crippen LogP contribution in [-0.2, 0) is 29.4 Å². The number of carbonyl (C=O) groups is 1. The van der Waals surface area contributed by atoms with Crippen LogP contribution in [0.1, 0.15) is 150 Å². The zero-order valence-electron chi connectivity index (χ0n) is 41.1. The van der Waals surface area contributed by atoms with Crippen molar-refractivity contribution < 1.29 is 23.2 Å². The van der Waals surface area contributed by atoms with Gasteiger partial charge in [0.15, 0.2) is 12.3 Å². The number of fused-ring (bicyclic) bond motifs is 9. The molecule has 0 bridgehead atoms. The van der Waals surface area contributed by atoms with E-state index >= 15 is 0 Å².